The number of para-hydroxylation sites is 1. The molecule has 3 aromatic rings. The summed E-state index contributed by atoms with van der Waals surface area (Å²) < 4.78 is 5.89. The fourth-order valence-electron chi connectivity index (χ4n) is 3.87. The normalized spacial score (nSPS) is 12.8. The Bertz CT molecular complexity index is 1160. The summed E-state index contributed by atoms with van der Waals surface area (Å²) in [5.41, 5.74) is 2.80. The van der Waals surface area contributed by atoms with E-state index in [0.717, 1.165) is 32.4 Å². The molecule has 0 saturated carbocycles. The van der Waals surface area contributed by atoms with Crippen LogP contribution < -0.4 is 15.4 Å². The third-order valence-corrected chi connectivity index (χ3v) is 5.81. The quantitative estimate of drug-likeness (QED) is 0.488. The first-order valence-electron chi connectivity index (χ1n) is 11.4. The second kappa shape index (κ2) is 11.4. The molecule has 6 nitrogen and oxygen atoms in total. The van der Waals surface area contributed by atoms with Gasteiger partial charge in [-0.05, 0) is 61.0 Å². The molecule has 1 fully saturated rings. The van der Waals surface area contributed by atoms with Crippen LogP contribution in [0.2, 0.25) is 0 Å². The fourth-order valence-corrected chi connectivity index (χ4v) is 4.08. The molecule has 1 saturated heterocycles. The first kappa shape index (κ1) is 23.4. The van der Waals surface area contributed by atoms with Crippen molar-refractivity contribution in [2.24, 2.45) is 0 Å². The van der Waals surface area contributed by atoms with Crippen molar-refractivity contribution in [3.05, 3.63) is 95.6 Å². The number of thiocarbonyl (C=S) groups is 1. The van der Waals surface area contributed by atoms with E-state index in [4.69, 9.17) is 17.0 Å². The molecule has 0 aliphatic carbocycles. The summed E-state index contributed by atoms with van der Waals surface area (Å²) in [6.07, 6.45) is 2.82. The summed E-state index contributed by atoms with van der Waals surface area (Å²) in [5.74, 6) is 0.145. The number of hydrogen-bond donors (Lipinski definition) is 2. The lowest BCUT2D eigenvalue weighted by molar-refractivity contribution is 0.0792. The zero-order valence-electron chi connectivity index (χ0n) is 18.8. The van der Waals surface area contributed by atoms with Crippen molar-refractivity contribution in [1.29, 1.82) is 0 Å². The van der Waals surface area contributed by atoms with Gasteiger partial charge in [0.15, 0.2) is 5.11 Å². The molecule has 34 heavy (non-hydrogen) atoms. The highest BCUT2D eigenvalue weighted by Gasteiger charge is 2.20. The SMILES string of the molecule is O=C(NC(=S)Nc1cccc(C(=O)N2CCCC2)c1)c1ccccc1OCCc1ccccc1. The maximum Gasteiger partial charge on any atom is 0.261 e. The van der Waals surface area contributed by atoms with Gasteiger partial charge in [-0.2, -0.15) is 0 Å². The number of ether oxygens (including phenoxy) is 1. The van der Waals surface area contributed by atoms with Gasteiger partial charge < -0.3 is 15.0 Å². The second-order valence-electron chi connectivity index (χ2n) is 8.07. The van der Waals surface area contributed by atoms with E-state index in [-0.39, 0.29) is 16.9 Å². The van der Waals surface area contributed by atoms with Gasteiger partial charge in [-0.25, -0.2) is 0 Å². The minimum absolute atomic E-state index is 0.0117. The molecule has 2 N–H and O–H groups in total. The number of hydrogen-bond acceptors (Lipinski definition) is 4. The molecule has 0 spiro atoms. The molecule has 1 aliphatic heterocycles. The lowest BCUT2D eigenvalue weighted by atomic mass is 10.1. The molecule has 2 amide bonds. The Morgan fingerprint density at radius 2 is 1.65 bits per heavy atom. The Labute approximate surface area is 204 Å². The first-order chi connectivity index (χ1) is 16.6. The molecule has 0 aromatic heterocycles. The van der Waals surface area contributed by atoms with Crippen LogP contribution in [0, 0.1) is 0 Å². The van der Waals surface area contributed by atoms with E-state index in [2.05, 4.69) is 10.6 Å². The van der Waals surface area contributed by atoms with Crippen LogP contribution in [0.25, 0.3) is 0 Å². The summed E-state index contributed by atoms with van der Waals surface area (Å²) in [4.78, 5) is 27.4. The molecular formula is C27H27N3O3S. The van der Waals surface area contributed by atoms with Crippen molar-refractivity contribution in [3.8, 4) is 5.75 Å². The molecule has 4 rings (SSSR count). The van der Waals surface area contributed by atoms with E-state index >= 15 is 0 Å². The van der Waals surface area contributed by atoms with E-state index in [1.165, 1.54) is 5.56 Å². The van der Waals surface area contributed by atoms with Gasteiger partial charge in [0, 0.05) is 30.8 Å². The maximum absolute atomic E-state index is 12.9. The van der Waals surface area contributed by atoms with Crippen LogP contribution in [0.3, 0.4) is 0 Å². The van der Waals surface area contributed by atoms with Gasteiger partial charge in [0.05, 0.1) is 12.2 Å². The molecule has 0 bridgehead atoms. The van der Waals surface area contributed by atoms with Crippen LogP contribution in [0.15, 0.2) is 78.9 Å². The summed E-state index contributed by atoms with van der Waals surface area (Å²) in [5, 5.41) is 5.85. The van der Waals surface area contributed by atoms with E-state index in [9.17, 15) is 9.59 Å². The highest BCUT2D eigenvalue weighted by molar-refractivity contribution is 7.80. The van der Waals surface area contributed by atoms with E-state index in [1.807, 2.05) is 41.3 Å². The van der Waals surface area contributed by atoms with E-state index in [1.54, 1.807) is 42.5 Å². The van der Waals surface area contributed by atoms with Crippen LogP contribution in [-0.4, -0.2) is 41.5 Å². The summed E-state index contributed by atoms with van der Waals surface area (Å²) in [6.45, 7) is 2.03. The van der Waals surface area contributed by atoms with Crippen molar-refractivity contribution in [1.82, 2.24) is 10.2 Å². The van der Waals surface area contributed by atoms with Crippen LogP contribution in [0.5, 0.6) is 5.75 Å². The zero-order valence-corrected chi connectivity index (χ0v) is 19.6. The highest BCUT2D eigenvalue weighted by Crippen LogP contribution is 2.19. The van der Waals surface area contributed by atoms with Crippen LogP contribution in [-0.2, 0) is 6.42 Å². The first-order valence-corrected chi connectivity index (χ1v) is 11.8. The lowest BCUT2D eigenvalue weighted by Crippen LogP contribution is -2.34. The van der Waals surface area contributed by atoms with Crippen molar-refractivity contribution in [2.75, 3.05) is 25.0 Å². The average Bonchev–Trinajstić information content (AvgIpc) is 3.40. The Kier molecular flexibility index (Phi) is 7.88. The molecule has 1 aliphatic rings. The molecule has 0 radical (unpaired) electrons. The summed E-state index contributed by atoms with van der Waals surface area (Å²) >= 11 is 5.34. The predicted octanol–water partition coefficient (Wildman–Crippen LogP) is 4.67. The molecule has 0 unspecified atom stereocenters. The van der Waals surface area contributed by atoms with E-state index < -0.39 is 0 Å². The minimum atomic E-state index is -0.364. The van der Waals surface area contributed by atoms with Crippen molar-refractivity contribution in [2.45, 2.75) is 19.3 Å². The smallest absolute Gasteiger partial charge is 0.261 e. The highest BCUT2D eigenvalue weighted by atomic mass is 32.1. The number of anilines is 1. The van der Waals surface area contributed by atoms with E-state index in [0.29, 0.717) is 29.2 Å². The van der Waals surface area contributed by atoms with Crippen LogP contribution in [0.1, 0.15) is 39.1 Å². The van der Waals surface area contributed by atoms with Gasteiger partial charge in [-0.1, -0.05) is 48.5 Å². The molecule has 7 heteroatoms. The Morgan fingerprint density at radius 1 is 0.912 bits per heavy atom. The monoisotopic (exact) mass is 473 g/mol. The van der Waals surface area contributed by atoms with Gasteiger partial charge in [0.1, 0.15) is 5.75 Å². The average molecular weight is 474 g/mol. The molecule has 174 valence electrons. The number of carbonyl (C=O) groups is 2. The third-order valence-electron chi connectivity index (χ3n) is 5.61. The maximum atomic E-state index is 12.9. The second-order valence-corrected chi connectivity index (χ2v) is 8.48. The van der Waals surface area contributed by atoms with Crippen molar-refractivity contribution >= 4 is 34.8 Å². The topological polar surface area (TPSA) is 70.7 Å². The van der Waals surface area contributed by atoms with Gasteiger partial charge in [-0.15, -0.1) is 0 Å². The number of carbonyl (C=O) groups excluding carboxylic acids is 2. The van der Waals surface area contributed by atoms with Gasteiger partial charge >= 0.3 is 0 Å². The molecule has 1 heterocycles. The predicted molar refractivity (Wildman–Crippen MR) is 137 cm³/mol. The standard InChI is InChI=1S/C27H27N3O3S/c31-25(23-13-4-5-14-24(23)33-18-15-20-9-2-1-3-10-20)29-27(34)28-22-12-8-11-21(19-22)26(32)30-16-6-7-17-30/h1-5,8-14,19H,6-7,15-18H2,(H2,28,29,31,34). The van der Waals surface area contributed by atoms with Crippen LogP contribution in [0.4, 0.5) is 5.69 Å². The van der Waals surface area contributed by atoms with Crippen LogP contribution >= 0.6 is 12.2 Å². The van der Waals surface area contributed by atoms with Crippen molar-refractivity contribution in [3.63, 3.8) is 0 Å². The fraction of sp³-hybridized carbons (Fsp3) is 0.222. The molecule has 0 atom stereocenters. The Hall–Kier alpha value is -3.71. The number of amides is 2. The van der Waals surface area contributed by atoms with Gasteiger partial charge in [0.25, 0.3) is 11.8 Å². The van der Waals surface area contributed by atoms with Gasteiger partial charge in [0.2, 0.25) is 0 Å². The zero-order chi connectivity index (χ0) is 23.8. The number of nitrogens with zero attached hydrogens (tertiary/aromatic N) is 1. The number of nitrogens with one attached hydrogen (secondary N) is 2. The largest absolute Gasteiger partial charge is 0.492 e. The third kappa shape index (κ3) is 6.20. The minimum Gasteiger partial charge on any atom is -0.492 e. The molecular weight excluding hydrogens is 446 g/mol. The number of likely N-dealkylation sites (tertiary alicyclic amines) is 1. The lowest BCUT2D eigenvalue weighted by Gasteiger charge is -2.16. The number of rotatable bonds is 7. The summed E-state index contributed by atoms with van der Waals surface area (Å²) in [6, 6.07) is 24.3. The van der Waals surface area contributed by atoms with Gasteiger partial charge in [-0.3, -0.25) is 14.9 Å². The van der Waals surface area contributed by atoms with Crippen molar-refractivity contribution < 1.29 is 14.3 Å². The Balaban J connectivity index is 1.34. The number of benzene rings is 3. The molecule has 3 aromatic carbocycles. The Morgan fingerprint density at radius 3 is 2.44 bits per heavy atom. The summed E-state index contributed by atoms with van der Waals surface area (Å²) in [7, 11) is 0.